The molecule has 0 aromatic carbocycles. The maximum absolute atomic E-state index is 12.2. The molecule has 1 saturated heterocycles. The third kappa shape index (κ3) is 2.59. The molecule has 1 aromatic rings. The second-order valence-electron chi connectivity index (χ2n) is 4.83. The lowest BCUT2D eigenvalue weighted by Crippen LogP contribution is -2.70. The highest BCUT2D eigenvalue weighted by atomic mass is 32.2. The molecule has 4 N–H and O–H groups in total. The van der Waals surface area contributed by atoms with Crippen LogP contribution in [0.4, 0.5) is 5.13 Å². The number of amides is 2. The summed E-state index contributed by atoms with van der Waals surface area (Å²) in [5, 5.41) is 13.2. The molecular weight excluding hydrogens is 340 g/mol. The van der Waals surface area contributed by atoms with Crippen LogP contribution in [0.2, 0.25) is 0 Å². The average molecular weight is 352 g/mol. The van der Waals surface area contributed by atoms with E-state index in [1.54, 1.807) is 5.38 Å². The molecule has 2 aliphatic heterocycles. The van der Waals surface area contributed by atoms with Crippen LogP contribution >= 0.6 is 23.1 Å². The van der Waals surface area contributed by atoms with Gasteiger partial charge in [-0.15, -0.1) is 23.1 Å². The van der Waals surface area contributed by atoms with Gasteiger partial charge in [-0.1, -0.05) is 6.58 Å². The van der Waals surface area contributed by atoms with Gasteiger partial charge in [-0.2, -0.15) is 0 Å². The van der Waals surface area contributed by atoms with E-state index >= 15 is 0 Å². The fraction of sp³-hybridized carbons (Fsp3) is 0.231. The molecule has 10 heteroatoms. The maximum atomic E-state index is 12.2. The molecule has 0 bridgehead atoms. The quantitative estimate of drug-likeness (QED) is 0.518. The van der Waals surface area contributed by atoms with Crippen molar-refractivity contribution in [3.05, 3.63) is 29.4 Å². The number of nitrogen functional groups attached to an aromatic ring is 1. The predicted molar refractivity (Wildman–Crippen MR) is 86.3 cm³/mol. The SMILES string of the molecule is C=C(C(=O)N[C@@H]1C(=O)N2C(C(=O)O)=CCS[C@H]12)c1csc(N)n1. The van der Waals surface area contributed by atoms with Crippen LogP contribution in [-0.4, -0.2) is 49.9 Å². The van der Waals surface area contributed by atoms with Gasteiger partial charge in [-0.3, -0.25) is 14.5 Å². The molecular formula is C13H12N4O4S2. The number of hydrogen-bond donors (Lipinski definition) is 3. The van der Waals surface area contributed by atoms with E-state index in [4.69, 9.17) is 10.8 Å². The van der Waals surface area contributed by atoms with Crippen molar-refractivity contribution in [1.82, 2.24) is 15.2 Å². The zero-order valence-electron chi connectivity index (χ0n) is 11.7. The smallest absolute Gasteiger partial charge is 0.352 e. The first-order valence-corrected chi connectivity index (χ1v) is 8.42. The lowest BCUT2D eigenvalue weighted by atomic mass is 10.0. The van der Waals surface area contributed by atoms with Crippen molar-refractivity contribution >= 4 is 51.6 Å². The maximum Gasteiger partial charge on any atom is 0.352 e. The molecule has 2 atom stereocenters. The Morgan fingerprint density at radius 2 is 2.26 bits per heavy atom. The number of β-lactam (4-membered cyclic amide) rings is 1. The Labute approximate surface area is 139 Å². The van der Waals surface area contributed by atoms with Crippen molar-refractivity contribution in [2.24, 2.45) is 0 Å². The average Bonchev–Trinajstić information content (AvgIpc) is 2.96. The van der Waals surface area contributed by atoms with E-state index in [0.29, 0.717) is 16.6 Å². The first-order chi connectivity index (χ1) is 10.9. The summed E-state index contributed by atoms with van der Waals surface area (Å²) in [7, 11) is 0. The molecule has 8 nitrogen and oxygen atoms in total. The van der Waals surface area contributed by atoms with Gasteiger partial charge in [0.1, 0.15) is 17.1 Å². The monoisotopic (exact) mass is 352 g/mol. The van der Waals surface area contributed by atoms with Crippen LogP contribution in [0.1, 0.15) is 5.69 Å². The number of nitrogens with two attached hydrogens (primary N) is 1. The predicted octanol–water partition coefficient (Wildman–Crippen LogP) is 0.107. The van der Waals surface area contributed by atoms with E-state index in [-0.39, 0.29) is 11.3 Å². The number of nitrogens with zero attached hydrogens (tertiary/aromatic N) is 2. The zero-order chi connectivity index (χ0) is 16.7. The van der Waals surface area contributed by atoms with Gasteiger partial charge >= 0.3 is 5.97 Å². The largest absolute Gasteiger partial charge is 0.477 e. The highest BCUT2D eigenvalue weighted by molar-refractivity contribution is 8.00. The summed E-state index contributed by atoms with van der Waals surface area (Å²) >= 11 is 2.57. The zero-order valence-corrected chi connectivity index (χ0v) is 13.3. The number of carbonyl (C=O) groups excluding carboxylic acids is 2. The lowest BCUT2D eigenvalue weighted by molar-refractivity contribution is -0.150. The van der Waals surface area contributed by atoms with Crippen molar-refractivity contribution in [1.29, 1.82) is 0 Å². The van der Waals surface area contributed by atoms with E-state index < -0.39 is 29.2 Å². The van der Waals surface area contributed by atoms with Crippen LogP contribution in [0.5, 0.6) is 0 Å². The molecule has 1 fully saturated rings. The van der Waals surface area contributed by atoms with Crippen LogP contribution in [0.25, 0.3) is 5.57 Å². The van der Waals surface area contributed by atoms with Crippen molar-refractivity contribution in [3.63, 3.8) is 0 Å². The Morgan fingerprint density at radius 1 is 1.52 bits per heavy atom. The molecule has 23 heavy (non-hydrogen) atoms. The number of anilines is 1. The van der Waals surface area contributed by atoms with Crippen LogP contribution in [0, 0.1) is 0 Å². The second-order valence-corrected chi connectivity index (χ2v) is 6.87. The van der Waals surface area contributed by atoms with Gasteiger partial charge in [0.15, 0.2) is 5.13 Å². The first-order valence-electron chi connectivity index (χ1n) is 6.49. The number of rotatable bonds is 4. The minimum atomic E-state index is -1.16. The van der Waals surface area contributed by atoms with Gasteiger partial charge in [0.25, 0.3) is 11.8 Å². The third-order valence-corrected chi connectivity index (χ3v) is 5.31. The molecule has 3 heterocycles. The summed E-state index contributed by atoms with van der Waals surface area (Å²) in [5.74, 6) is -1.67. The van der Waals surface area contributed by atoms with Crippen molar-refractivity contribution < 1.29 is 19.5 Å². The number of carboxylic acid groups (broad SMARTS) is 1. The fourth-order valence-electron chi connectivity index (χ4n) is 2.31. The van der Waals surface area contributed by atoms with Crippen LogP contribution < -0.4 is 11.1 Å². The number of thioether (sulfide) groups is 1. The van der Waals surface area contributed by atoms with E-state index in [1.165, 1.54) is 34.1 Å². The molecule has 0 aliphatic carbocycles. The fourth-order valence-corrected chi connectivity index (χ4v) is 4.08. The molecule has 120 valence electrons. The molecule has 2 amide bonds. The first kappa shape index (κ1) is 15.6. The van der Waals surface area contributed by atoms with Crippen molar-refractivity contribution in [2.45, 2.75) is 11.4 Å². The molecule has 0 spiro atoms. The Kier molecular flexibility index (Phi) is 3.86. The Bertz CT molecular complexity index is 757. The normalized spacial score (nSPS) is 22.7. The van der Waals surface area contributed by atoms with E-state index in [2.05, 4.69) is 16.9 Å². The number of carbonyl (C=O) groups is 3. The summed E-state index contributed by atoms with van der Waals surface area (Å²) in [6, 6.07) is -0.775. The summed E-state index contributed by atoms with van der Waals surface area (Å²) in [6.07, 6.45) is 1.48. The standard InChI is InChI=1S/C13H12N4O4S2/c1-5(6-4-23-13(14)15-6)9(18)16-8-10(19)17-7(12(20)21)2-3-22-11(8)17/h2,4,8,11H,1,3H2,(H2,14,15)(H,16,18)(H,20,21)/t8-,11-/m1/s1. The summed E-state index contributed by atoms with van der Waals surface area (Å²) in [6.45, 7) is 3.66. The Morgan fingerprint density at radius 3 is 2.87 bits per heavy atom. The lowest BCUT2D eigenvalue weighted by Gasteiger charge is -2.48. The topological polar surface area (TPSA) is 126 Å². The Balaban J connectivity index is 1.69. The van der Waals surface area contributed by atoms with Gasteiger partial charge in [-0.25, -0.2) is 9.78 Å². The van der Waals surface area contributed by atoms with E-state index in [1.807, 2.05) is 0 Å². The van der Waals surface area contributed by atoms with Gasteiger partial charge in [0, 0.05) is 11.1 Å². The molecule has 0 unspecified atom stereocenters. The summed E-state index contributed by atoms with van der Waals surface area (Å²) in [5.41, 5.74) is 5.94. The van der Waals surface area contributed by atoms with Crippen LogP contribution in [0.3, 0.4) is 0 Å². The summed E-state index contributed by atoms with van der Waals surface area (Å²) < 4.78 is 0. The minimum absolute atomic E-state index is 0.0460. The van der Waals surface area contributed by atoms with Crippen LogP contribution in [-0.2, 0) is 14.4 Å². The molecule has 0 radical (unpaired) electrons. The van der Waals surface area contributed by atoms with Gasteiger partial charge in [-0.05, 0) is 6.08 Å². The molecule has 1 aromatic heterocycles. The highest BCUT2D eigenvalue weighted by Crippen LogP contribution is 2.37. The number of thiazole rings is 1. The number of aliphatic carboxylic acids is 1. The minimum Gasteiger partial charge on any atom is -0.477 e. The number of hydrogen-bond acceptors (Lipinski definition) is 7. The van der Waals surface area contributed by atoms with Gasteiger partial charge < -0.3 is 16.2 Å². The number of aromatic nitrogens is 1. The van der Waals surface area contributed by atoms with Crippen molar-refractivity contribution in [2.75, 3.05) is 11.5 Å². The molecule has 3 rings (SSSR count). The third-order valence-electron chi connectivity index (χ3n) is 3.46. The highest BCUT2D eigenvalue weighted by Gasteiger charge is 2.52. The van der Waals surface area contributed by atoms with Crippen LogP contribution in [0.15, 0.2) is 23.7 Å². The van der Waals surface area contributed by atoms with E-state index in [9.17, 15) is 14.4 Å². The van der Waals surface area contributed by atoms with Gasteiger partial charge in [0.2, 0.25) is 0 Å². The second kappa shape index (κ2) is 5.70. The number of carboxylic acids is 1. The number of nitrogens with one attached hydrogen (secondary N) is 1. The Hall–Kier alpha value is -2.33. The molecule has 0 saturated carbocycles. The van der Waals surface area contributed by atoms with Gasteiger partial charge in [0.05, 0.1) is 11.3 Å². The number of fused-ring (bicyclic) bond motifs is 1. The van der Waals surface area contributed by atoms with Crippen molar-refractivity contribution in [3.8, 4) is 0 Å². The van der Waals surface area contributed by atoms with E-state index in [0.717, 1.165) is 0 Å². The molecule has 2 aliphatic rings. The summed E-state index contributed by atoms with van der Waals surface area (Å²) in [4.78, 5) is 40.6.